The quantitative estimate of drug-likeness (QED) is 0.720. The van der Waals surface area contributed by atoms with Gasteiger partial charge in [-0.25, -0.2) is 4.98 Å². The number of aromatic nitrogens is 1. The van der Waals surface area contributed by atoms with Crippen molar-refractivity contribution in [3.8, 4) is 0 Å². The molecule has 2 aromatic carbocycles. The number of anilines is 3. The fraction of sp³-hybridized carbons (Fsp3) is 0.136. The molecule has 1 amide bonds. The zero-order chi connectivity index (χ0) is 18.8. The van der Waals surface area contributed by atoms with Crippen molar-refractivity contribution in [2.75, 3.05) is 16.8 Å². The van der Waals surface area contributed by atoms with E-state index >= 15 is 0 Å². The van der Waals surface area contributed by atoms with Gasteiger partial charge in [-0.2, -0.15) is 0 Å². The van der Waals surface area contributed by atoms with Gasteiger partial charge in [0.2, 0.25) is 5.91 Å². The first-order valence-corrected chi connectivity index (χ1v) is 8.83. The van der Waals surface area contributed by atoms with Gasteiger partial charge in [0, 0.05) is 24.0 Å². The van der Waals surface area contributed by atoms with Crippen LogP contribution in [0.15, 0.2) is 72.9 Å². The number of hydrogen-bond donors (Lipinski definition) is 1. The number of carbonyl (C=O) groups is 2. The Morgan fingerprint density at radius 1 is 1.04 bits per heavy atom. The van der Waals surface area contributed by atoms with Crippen molar-refractivity contribution < 1.29 is 9.59 Å². The Labute approximate surface area is 157 Å². The molecule has 1 aliphatic heterocycles. The molecule has 5 nitrogen and oxygen atoms in total. The molecule has 3 aromatic rings. The van der Waals surface area contributed by atoms with Crippen LogP contribution in [0.1, 0.15) is 15.9 Å². The van der Waals surface area contributed by atoms with Crippen LogP contribution in [-0.4, -0.2) is 23.2 Å². The highest BCUT2D eigenvalue weighted by Crippen LogP contribution is 2.35. The minimum atomic E-state index is -0.803. The number of Topliss-reactive ketones (excluding diaryl/α,β-unsaturated/α-hetero) is 1. The van der Waals surface area contributed by atoms with Gasteiger partial charge in [0.1, 0.15) is 11.7 Å². The normalized spacial score (nSPS) is 16.0. The number of amides is 1. The molecule has 2 heterocycles. The fourth-order valence-corrected chi connectivity index (χ4v) is 3.28. The summed E-state index contributed by atoms with van der Waals surface area (Å²) in [5.74, 6) is -0.860. The number of nitrogens with zero attached hydrogens (tertiary/aromatic N) is 2. The van der Waals surface area contributed by atoms with Gasteiger partial charge in [-0.1, -0.05) is 36.4 Å². The molecule has 0 spiro atoms. The number of para-hydroxylation sites is 2. The van der Waals surface area contributed by atoms with Crippen molar-refractivity contribution in [3.05, 3.63) is 84.1 Å². The van der Waals surface area contributed by atoms with E-state index < -0.39 is 5.92 Å². The Morgan fingerprint density at radius 2 is 1.78 bits per heavy atom. The lowest BCUT2D eigenvalue weighted by atomic mass is 9.90. The molecule has 5 heteroatoms. The zero-order valence-corrected chi connectivity index (χ0v) is 14.9. The van der Waals surface area contributed by atoms with Gasteiger partial charge in [0.05, 0.1) is 5.69 Å². The van der Waals surface area contributed by atoms with Crippen LogP contribution >= 0.6 is 0 Å². The second kappa shape index (κ2) is 7.03. The molecule has 1 aromatic heterocycles. The van der Waals surface area contributed by atoms with E-state index in [4.69, 9.17) is 0 Å². The molecule has 0 fully saturated rings. The maximum absolute atomic E-state index is 13.0. The van der Waals surface area contributed by atoms with Gasteiger partial charge >= 0.3 is 0 Å². The lowest BCUT2D eigenvalue weighted by Gasteiger charge is -2.34. The topological polar surface area (TPSA) is 62.3 Å². The highest BCUT2D eigenvalue weighted by molar-refractivity contribution is 6.17. The Bertz CT molecular complexity index is 984. The Kier molecular flexibility index (Phi) is 4.42. The van der Waals surface area contributed by atoms with Crippen LogP contribution in [0.25, 0.3) is 0 Å². The molecule has 0 saturated heterocycles. The second-order valence-corrected chi connectivity index (χ2v) is 6.59. The van der Waals surface area contributed by atoms with Crippen molar-refractivity contribution >= 4 is 28.9 Å². The van der Waals surface area contributed by atoms with Crippen LogP contribution in [-0.2, 0) is 4.79 Å². The van der Waals surface area contributed by atoms with Crippen molar-refractivity contribution in [1.82, 2.24) is 4.98 Å². The summed E-state index contributed by atoms with van der Waals surface area (Å²) in [4.78, 5) is 32.0. The summed E-state index contributed by atoms with van der Waals surface area (Å²) in [7, 11) is 0. The Morgan fingerprint density at radius 3 is 2.52 bits per heavy atom. The average Bonchev–Trinajstić information content (AvgIpc) is 2.71. The molecule has 27 heavy (non-hydrogen) atoms. The lowest BCUT2D eigenvalue weighted by Crippen LogP contribution is -2.43. The average molecular weight is 357 g/mol. The molecule has 1 N–H and O–H groups in total. The van der Waals surface area contributed by atoms with Crippen LogP contribution in [0.4, 0.5) is 17.2 Å². The number of hydrogen-bond acceptors (Lipinski definition) is 4. The van der Waals surface area contributed by atoms with E-state index in [1.165, 1.54) is 0 Å². The highest BCUT2D eigenvalue weighted by atomic mass is 16.2. The number of benzene rings is 2. The number of ketones is 1. The monoisotopic (exact) mass is 357 g/mol. The van der Waals surface area contributed by atoms with E-state index in [0.717, 1.165) is 16.9 Å². The van der Waals surface area contributed by atoms with Gasteiger partial charge in [0.25, 0.3) is 0 Å². The van der Waals surface area contributed by atoms with E-state index in [2.05, 4.69) is 10.3 Å². The van der Waals surface area contributed by atoms with Crippen molar-refractivity contribution in [3.63, 3.8) is 0 Å². The first-order chi connectivity index (χ1) is 13.1. The Hall–Kier alpha value is -3.47. The summed E-state index contributed by atoms with van der Waals surface area (Å²) >= 11 is 0. The van der Waals surface area contributed by atoms with E-state index in [-0.39, 0.29) is 18.2 Å². The number of pyridine rings is 1. The van der Waals surface area contributed by atoms with Gasteiger partial charge < -0.3 is 10.2 Å². The zero-order valence-electron chi connectivity index (χ0n) is 14.9. The molecular formula is C22H19N3O2. The second-order valence-electron chi connectivity index (χ2n) is 6.59. The van der Waals surface area contributed by atoms with E-state index in [9.17, 15) is 9.59 Å². The van der Waals surface area contributed by atoms with E-state index in [0.29, 0.717) is 11.4 Å². The van der Waals surface area contributed by atoms with Crippen LogP contribution in [0, 0.1) is 12.8 Å². The molecule has 4 rings (SSSR count). The van der Waals surface area contributed by atoms with Crippen molar-refractivity contribution in [1.29, 1.82) is 0 Å². The third-order valence-electron chi connectivity index (χ3n) is 4.69. The maximum atomic E-state index is 13.0. The SMILES string of the molecule is Cc1ccc(NC(=O)C2CN(c3ccccc3)c3ccccc3C2=O)nc1. The smallest absolute Gasteiger partial charge is 0.238 e. The molecule has 0 radical (unpaired) electrons. The van der Waals surface area contributed by atoms with Gasteiger partial charge in [0.15, 0.2) is 5.78 Å². The molecule has 0 saturated carbocycles. The standard InChI is InChI=1S/C22H19N3O2/c1-15-11-12-20(23-13-15)24-22(27)18-14-25(16-7-3-2-4-8-16)19-10-6-5-9-17(19)21(18)26/h2-13,18H,14H2,1H3,(H,23,24,27). The molecule has 0 bridgehead atoms. The van der Waals surface area contributed by atoms with Crippen LogP contribution < -0.4 is 10.2 Å². The number of aryl methyl sites for hydroxylation is 1. The summed E-state index contributed by atoms with van der Waals surface area (Å²) in [5, 5.41) is 2.77. The fourth-order valence-electron chi connectivity index (χ4n) is 3.28. The van der Waals surface area contributed by atoms with E-state index in [1.54, 1.807) is 18.3 Å². The first-order valence-electron chi connectivity index (χ1n) is 8.83. The van der Waals surface area contributed by atoms with Crippen LogP contribution in [0.5, 0.6) is 0 Å². The van der Waals surface area contributed by atoms with Crippen molar-refractivity contribution in [2.45, 2.75) is 6.92 Å². The van der Waals surface area contributed by atoms with Gasteiger partial charge in [-0.3, -0.25) is 9.59 Å². The highest BCUT2D eigenvalue weighted by Gasteiger charge is 2.37. The Balaban J connectivity index is 1.67. The molecule has 0 aliphatic carbocycles. The summed E-state index contributed by atoms with van der Waals surface area (Å²) in [5.41, 5.74) is 3.34. The summed E-state index contributed by atoms with van der Waals surface area (Å²) < 4.78 is 0. The number of nitrogens with one attached hydrogen (secondary N) is 1. The number of carbonyl (C=O) groups excluding carboxylic acids is 2. The van der Waals surface area contributed by atoms with Crippen molar-refractivity contribution in [2.24, 2.45) is 5.92 Å². The van der Waals surface area contributed by atoms with E-state index in [1.807, 2.05) is 66.4 Å². The summed E-state index contributed by atoms with van der Waals surface area (Å²) in [6, 6.07) is 20.8. The summed E-state index contributed by atoms with van der Waals surface area (Å²) in [6.07, 6.45) is 1.68. The van der Waals surface area contributed by atoms with Crippen LogP contribution in [0.2, 0.25) is 0 Å². The molecule has 1 aliphatic rings. The first kappa shape index (κ1) is 17.0. The number of rotatable bonds is 3. The third-order valence-corrected chi connectivity index (χ3v) is 4.69. The maximum Gasteiger partial charge on any atom is 0.238 e. The van der Waals surface area contributed by atoms with Gasteiger partial charge in [-0.15, -0.1) is 0 Å². The molecular weight excluding hydrogens is 338 g/mol. The minimum Gasteiger partial charge on any atom is -0.340 e. The molecule has 1 atom stereocenters. The minimum absolute atomic E-state index is 0.164. The summed E-state index contributed by atoms with van der Waals surface area (Å²) in [6.45, 7) is 2.22. The van der Waals surface area contributed by atoms with Gasteiger partial charge in [-0.05, 0) is 42.8 Å². The predicted molar refractivity (Wildman–Crippen MR) is 105 cm³/mol. The lowest BCUT2D eigenvalue weighted by molar-refractivity contribution is -0.118. The predicted octanol–water partition coefficient (Wildman–Crippen LogP) is 3.98. The molecule has 134 valence electrons. The molecule has 1 unspecified atom stereocenters. The number of fused-ring (bicyclic) bond motifs is 1. The largest absolute Gasteiger partial charge is 0.340 e. The third kappa shape index (κ3) is 3.31. The van der Waals surface area contributed by atoms with Crippen LogP contribution in [0.3, 0.4) is 0 Å².